The van der Waals surface area contributed by atoms with Gasteiger partial charge in [-0.1, -0.05) is 30.7 Å². The van der Waals surface area contributed by atoms with Gasteiger partial charge in [0, 0.05) is 13.7 Å². The van der Waals surface area contributed by atoms with Crippen molar-refractivity contribution in [2.45, 2.75) is 38.2 Å². The molecule has 0 radical (unpaired) electrons. The molecule has 1 aliphatic rings. The van der Waals surface area contributed by atoms with Crippen molar-refractivity contribution < 1.29 is 9.84 Å². The Morgan fingerprint density at radius 1 is 1.29 bits per heavy atom. The first kappa shape index (κ1) is 12.6. The molecule has 0 fully saturated rings. The summed E-state index contributed by atoms with van der Waals surface area (Å²) in [6.07, 6.45) is 5.33. The number of aliphatic hydroxyl groups excluding tert-OH is 1. The minimum atomic E-state index is -0.262. The van der Waals surface area contributed by atoms with E-state index in [1.807, 2.05) is 6.07 Å². The van der Waals surface area contributed by atoms with Crippen molar-refractivity contribution in [3.63, 3.8) is 0 Å². The first-order valence-corrected chi connectivity index (χ1v) is 6.57. The number of unbranched alkanes of at least 4 members (excludes halogenated alkanes) is 1. The van der Waals surface area contributed by atoms with Gasteiger partial charge in [0.2, 0.25) is 0 Å². The molecule has 2 heteroatoms. The summed E-state index contributed by atoms with van der Waals surface area (Å²) in [6, 6.07) is 8.29. The number of aryl methyl sites for hydroxylation is 1. The summed E-state index contributed by atoms with van der Waals surface area (Å²) < 4.78 is 5.05. The average Bonchev–Trinajstić information content (AvgIpc) is 2.37. The number of hydrogen-bond donors (Lipinski definition) is 1. The quantitative estimate of drug-likeness (QED) is 0.793. The molecule has 1 aromatic rings. The standard InChI is InChI=1S/C15H22O2/c1-17-11-5-4-7-13-10-9-12-6-2-3-8-14(12)15(13)16/h2-3,6,8,13,15-16H,4-5,7,9-11H2,1H3. The van der Waals surface area contributed by atoms with E-state index < -0.39 is 0 Å². The summed E-state index contributed by atoms with van der Waals surface area (Å²) in [5.74, 6) is 0.432. The molecule has 2 atom stereocenters. The zero-order valence-electron chi connectivity index (χ0n) is 10.6. The van der Waals surface area contributed by atoms with Gasteiger partial charge in [-0.3, -0.25) is 0 Å². The third-order valence-electron chi connectivity index (χ3n) is 3.78. The highest BCUT2D eigenvalue weighted by Gasteiger charge is 2.26. The number of fused-ring (bicyclic) bond motifs is 1. The number of hydrogen-bond acceptors (Lipinski definition) is 2. The second-order valence-electron chi connectivity index (χ2n) is 4.93. The molecule has 2 rings (SSSR count). The third kappa shape index (κ3) is 3.08. The molecular formula is C15H22O2. The van der Waals surface area contributed by atoms with Crippen LogP contribution in [0.4, 0.5) is 0 Å². The molecule has 94 valence electrons. The lowest BCUT2D eigenvalue weighted by molar-refractivity contribution is 0.0849. The minimum absolute atomic E-state index is 0.262. The van der Waals surface area contributed by atoms with E-state index in [1.165, 1.54) is 5.56 Å². The molecule has 1 aromatic carbocycles. The number of aliphatic hydroxyl groups is 1. The predicted octanol–water partition coefficient (Wildman–Crippen LogP) is 3.10. The topological polar surface area (TPSA) is 29.5 Å². The summed E-state index contributed by atoms with van der Waals surface area (Å²) in [5, 5.41) is 10.3. The first-order valence-electron chi connectivity index (χ1n) is 6.57. The van der Waals surface area contributed by atoms with E-state index >= 15 is 0 Å². The lowest BCUT2D eigenvalue weighted by Crippen LogP contribution is -2.20. The zero-order chi connectivity index (χ0) is 12.1. The van der Waals surface area contributed by atoms with Crippen molar-refractivity contribution in [3.8, 4) is 0 Å². The molecule has 0 saturated carbocycles. The molecule has 0 aromatic heterocycles. The second-order valence-corrected chi connectivity index (χ2v) is 4.93. The van der Waals surface area contributed by atoms with E-state index in [4.69, 9.17) is 4.74 Å². The van der Waals surface area contributed by atoms with Crippen molar-refractivity contribution in [2.24, 2.45) is 5.92 Å². The van der Waals surface area contributed by atoms with Gasteiger partial charge in [0.05, 0.1) is 6.10 Å². The summed E-state index contributed by atoms with van der Waals surface area (Å²) in [4.78, 5) is 0. The number of rotatable bonds is 5. The Morgan fingerprint density at radius 3 is 2.94 bits per heavy atom. The highest BCUT2D eigenvalue weighted by atomic mass is 16.5. The normalized spacial score (nSPS) is 23.4. The van der Waals surface area contributed by atoms with Gasteiger partial charge in [-0.05, 0) is 42.7 Å². The third-order valence-corrected chi connectivity index (χ3v) is 3.78. The van der Waals surface area contributed by atoms with Crippen molar-refractivity contribution in [3.05, 3.63) is 35.4 Å². The predicted molar refractivity (Wildman–Crippen MR) is 68.9 cm³/mol. The summed E-state index contributed by atoms with van der Waals surface area (Å²) in [7, 11) is 1.74. The van der Waals surface area contributed by atoms with Crippen LogP contribution in [0.5, 0.6) is 0 Å². The van der Waals surface area contributed by atoms with Crippen LogP contribution in [0.25, 0.3) is 0 Å². The zero-order valence-corrected chi connectivity index (χ0v) is 10.6. The van der Waals surface area contributed by atoms with E-state index in [1.54, 1.807) is 7.11 Å². The summed E-state index contributed by atoms with van der Waals surface area (Å²) in [5.41, 5.74) is 2.48. The van der Waals surface area contributed by atoms with Crippen LogP contribution in [0.1, 0.15) is 42.9 Å². The average molecular weight is 234 g/mol. The van der Waals surface area contributed by atoms with Gasteiger partial charge < -0.3 is 9.84 Å². The van der Waals surface area contributed by atoms with E-state index in [-0.39, 0.29) is 6.10 Å². The molecule has 0 spiro atoms. The Hall–Kier alpha value is -0.860. The second kappa shape index (κ2) is 6.18. The molecule has 0 aliphatic heterocycles. The fourth-order valence-corrected chi connectivity index (χ4v) is 2.76. The molecule has 1 N–H and O–H groups in total. The van der Waals surface area contributed by atoms with Crippen LogP contribution in [0.15, 0.2) is 24.3 Å². The highest BCUT2D eigenvalue weighted by Crippen LogP contribution is 2.36. The van der Waals surface area contributed by atoms with Gasteiger partial charge in [-0.25, -0.2) is 0 Å². The number of benzene rings is 1. The lowest BCUT2D eigenvalue weighted by Gasteiger charge is -2.30. The molecule has 17 heavy (non-hydrogen) atoms. The molecular weight excluding hydrogens is 212 g/mol. The lowest BCUT2D eigenvalue weighted by atomic mass is 9.79. The molecule has 0 bridgehead atoms. The molecule has 2 unspecified atom stereocenters. The van der Waals surface area contributed by atoms with Crippen LogP contribution in [0, 0.1) is 5.92 Å². The molecule has 0 saturated heterocycles. The Morgan fingerprint density at radius 2 is 2.12 bits per heavy atom. The van der Waals surface area contributed by atoms with Crippen molar-refractivity contribution in [1.82, 2.24) is 0 Å². The van der Waals surface area contributed by atoms with Crippen LogP contribution in [-0.2, 0) is 11.2 Å². The minimum Gasteiger partial charge on any atom is -0.388 e. The van der Waals surface area contributed by atoms with Gasteiger partial charge in [0.25, 0.3) is 0 Å². The van der Waals surface area contributed by atoms with E-state index in [0.29, 0.717) is 5.92 Å². The van der Waals surface area contributed by atoms with Crippen LogP contribution in [0.2, 0.25) is 0 Å². The van der Waals surface area contributed by atoms with Crippen LogP contribution in [-0.4, -0.2) is 18.8 Å². The van der Waals surface area contributed by atoms with Crippen LogP contribution >= 0.6 is 0 Å². The molecule has 0 amide bonds. The van der Waals surface area contributed by atoms with E-state index in [2.05, 4.69) is 18.2 Å². The van der Waals surface area contributed by atoms with Crippen LogP contribution < -0.4 is 0 Å². The fourth-order valence-electron chi connectivity index (χ4n) is 2.76. The van der Waals surface area contributed by atoms with Crippen molar-refractivity contribution >= 4 is 0 Å². The molecule has 1 aliphatic carbocycles. The van der Waals surface area contributed by atoms with Gasteiger partial charge in [0.1, 0.15) is 0 Å². The largest absolute Gasteiger partial charge is 0.388 e. The SMILES string of the molecule is COCCCCC1CCc2ccccc2C1O. The van der Waals surface area contributed by atoms with Gasteiger partial charge in [0.15, 0.2) is 0 Å². The van der Waals surface area contributed by atoms with Gasteiger partial charge in [-0.2, -0.15) is 0 Å². The van der Waals surface area contributed by atoms with Gasteiger partial charge >= 0.3 is 0 Å². The van der Waals surface area contributed by atoms with E-state index in [9.17, 15) is 5.11 Å². The van der Waals surface area contributed by atoms with E-state index in [0.717, 1.165) is 44.3 Å². The Kier molecular flexibility index (Phi) is 4.57. The van der Waals surface area contributed by atoms with Crippen molar-refractivity contribution in [2.75, 3.05) is 13.7 Å². The Bertz CT molecular complexity index is 349. The fraction of sp³-hybridized carbons (Fsp3) is 0.600. The number of methoxy groups -OCH3 is 1. The molecule has 2 nitrogen and oxygen atoms in total. The van der Waals surface area contributed by atoms with Crippen LogP contribution in [0.3, 0.4) is 0 Å². The van der Waals surface area contributed by atoms with Crippen molar-refractivity contribution in [1.29, 1.82) is 0 Å². The Balaban J connectivity index is 1.90. The maximum Gasteiger partial charge on any atom is 0.0820 e. The summed E-state index contributed by atoms with van der Waals surface area (Å²) in [6.45, 7) is 0.833. The maximum absolute atomic E-state index is 10.3. The highest BCUT2D eigenvalue weighted by molar-refractivity contribution is 5.31. The smallest absolute Gasteiger partial charge is 0.0820 e. The monoisotopic (exact) mass is 234 g/mol. The first-order chi connectivity index (χ1) is 8.33. The van der Waals surface area contributed by atoms with Gasteiger partial charge in [-0.15, -0.1) is 0 Å². The molecule has 0 heterocycles. The summed E-state index contributed by atoms with van der Waals surface area (Å²) >= 11 is 0. The Labute approximate surface area is 104 Å². The maximum atomic E-state index is 10.3. The number of ether oxygens (including phenoxy) is 1.